The van der Waals surface area contributed by atoms with Crippen molar-refractivity contribution < 1.29 is 14.7 Å². The molecular weight excluding hydrogens is 338 g/mol. The number of amides is 2. The molecule has 25 heavy (non-hydrogen) atoms. The Morgan fingerprint density at radius 1 is 1.40 bits per heavy atom. The van der Waals surface area contributed by atoms with Gasteiger partial charge < -0.3 is 15.3 Å². The van der Waals surface area contributed by atoms with Crippen LogP contribution >= 0.6 is 11.3 Å². The largest absolute Gasteiger partial charge is 0.392 e. The Morgan fingerprint density at radius 3 is 2.92 bits per heavy atom. The molecule has 0 radical (unpaired) electrons. The Kier molecular flexibility index (Phi) is 5.15. The van der Waals surface area contributed by atoms with Gasteiger partial charge in [-0.2, -0.15) is 0 Å². The number of thiazole rings is 1. The van der Waals surface area contributed by atoms with Crippen molar-refractivity contribution in [1.29, 1.82) is 0 Å². The maximum atomic E-state index is 12.7. The zero-order valence-electron chi connectivity index (χ0n) is 14.3. The fraction of sp³-hybridized carbons (Fsp3) is 0.389. The highest BCUT2D eigenvalue weighted by atomic mass is 32.1. The summed E-state index contributed by atoms with van der Waals surface area (Å²) in [7, 11) is 0. The lowest BCUT2D eigenvalue weighted by Gasteiger charge is -2.17. The lowest BCUT2D eigenvalue weighted by atomic mass is 10.1. The Bertz CT molecular complexity index is 801. The van der Waals surface area contributed by atoms with E-state index in [1.54, 1.807) is 10.3 Å². The molecule has 1 aromatic carbocycles. The van der Waals surface area contributed by atoms with Gasteiger partial charge in [0.25, 0.3) is 0 Å². The number of hydrogen-bond acceptors (Lipinski definition) is 5. The molecule has 0 atom stereocenters. The first-order chi connectivity index (χ1) is 12.0. The van der Waals surface area contributed by atoms with Crippen LogP contribution in [0, 0.1) is 5.92 Å². The van der Waals surface area contributed by atoms with Gasteiger partial charge in [0.05, 0.1) is 18.7 Å². The molecule has 2 heterocycles. The lowest BCUT2D eigenvalue weighted by Crippen LogP contribution is -2.30. The highest BCUT2D eigenvalue weighted by molar-refractivity contribution is 7.13. The molecule has 6 nitrogen and oxygen atoms in total. The normalized spacial score (nSPS) is 13.2. The second kappa shape index (κ2) is 7.33. The van der Waals surface area contributed by atoms with Crippen molar-refractivity contribution in [1.82, 2.24) is 4.98 Å². The molecule has 1 aliphatic rings. The molecule has 0 spiro atoms. The van der Waals surface area contributed by atoms with Gasteiger partial charge in [0.1, 0.15) is 0 Å². The molecule has 0 fully saturated rings. The fourth-order valence-corrected chi connectivity index (χ4v) is 3.57. The van der Waals surface area contributed by atoms with Crippen molar-refractivity contribution in [2.75, 3.05) is 16.8 Å². The number of carbonyl (C=O) groups excluding carboxylic acids is 2. The number of aromatic nitrogens is 1. The van der Waals surface area contributed by atoms with Crippen molar-refractivity contribution in [3.05, 3.63) is 40.4 Å². The smallest absolute Gasteiger partial charge is 0.233 e. The number of carbonyl (C=O) groups is 2. The molecule has 0 aliphatic carbocycles. The van der Waals surface area contributed by atoms with E-state index in [2.05, 4.69) is 10.3 Å². The molecule has 1 aromatic heterocycles. The summed E-state index contributed by atoms with van der Waals surface area (Å²) in [6.45, 7) is 4.24. The van der Waals surface area contributed by atoms with Crippen molar-refractivity contribution in [3.8, 4) is 0 Å². The van der Waals surface area contributed by atoms with Crippen LogP contribution in [0.2, 0.25) is 0 Å². The number of aliphatic hydroxyl groups is 1. The van der Waals surface area contributed by atoms with Gasteiger partial charge in [-0.05, 0) is 23.6 Å². The third-order valence-electron chi connectivity index (χ3n) is 4.23. The minimum Gasteiger partial charge on any atom is -0.392 e. The average Bonchev–Trinajstić information content (AvgIpc) is 3.21. The van der Waals surface area contributed by atoms with E-state index in [9.17, 15) is 14.7 Å². The quantitative estimate of drug-likeness (QED) is 0.859. The van der Waals surface area contributed by atoms with Crippen molar-refractivity contribution in [2.24, 2.45) is 5.92 Å². The Balaban J connectivity index is 1.69. The SMILES string of the molecule is CC(C)C(=O)Nc1nc(CC(=O)N2CCc3c(CO)cccc32)cs1. The predicted molar refractivity (Wildman–Crippen MR) is 97.7 cm³/mol. The van der Waals surface area contributed by atoms with E-state index >= 15 is 0 Å². The number of benzene rings is 1. The van der Waals surface area contributed by atoms with Crippen LogP contribution in [-0.4, -0.2) is 28.4 Å². The maximum absolute atomic E-state index is 12.7. The molecule has 0 saturated carbocycles. The molecule has 2 N–H and O–H groups in total. The first kappa shape index (κ1) is 17.6. The second-order valence-corrected chi connectivity index (χ2v) is 7.19. The van der Waals surface area contributed by atoms with Crippen LogP contribution < -0.4 is 10.2 Å². The summed E-state index contributed by atoms with van der Waals surface area (Å²) < 4.78 is 0. The molecule has 7 heteroatoms. The first-order valence-electron chi connectivity index (χ1n) is 8.27. The highest BCUT2D eigenvalue weighted by Crippen LogP contribution is 2.31. The van der Waals surface area contributed by atoms with Crippen molar-refractivity contribution >= 4 is 34.0 Å². The molecule has 0 saturated heterocycles. The van der Waals surface area contributed by atoms with Crippen LogP contribution in [0.4, 0.5) is 10.8 Å². The van der Waals surface area contributed by atoms with Crippen molar-refractivity contribution in [2.45, 2.75) is 33.3 Å². The van der Waals surface area contributed by atoms with Crippen LogP contribution in [0.5, 0.6) is 0 Å². The number of rotatable bonds is 5. The van der Waals surface area contributed by atoms with E-state index in [1.807, 2.05) is 32.0 Å². The summed E-state index contributed by atoms with van der Waals surface area (Å²) in [5.41, 5.74) is 3.45. The predicted octanol–water partition coefficient (Wildman–Crippen LogP) is 2.36. The zero-order chi connectivity index (χ0) is 18.0. The number of nitrogens with one attached hydrogen (secondary N) is 1. The monoisotopic (exact) mass is 359 g/mol. The van der Waals surface area contributed by atoms with E-state index < -0.39 is 0 Å². The summed E-state index contributed by atoms with van der Waals surface area (Å²) in [5.74, 6) is -0.228. The number of nitrogens with zero attached hydrogens (tertiary/aromatic N) is 2. The average molecular weight is 359 g/mol. The summed E-state index contributed by atoms with van der Waals surface area (Å²) in [6, 6.07) is 5.66. The van der Waals surface area contributed by atoms with Gasteiger partial charge >= 0.3 is 0 Å². The summed E-state index contributed by atoms with van der Waals surface area (Å²) in [4.78, 5) is 30.5. The van der Waals surface area contributed by atoms with Gasteiger partial charge in [-0.1, -0.05) is 26.0 Å². The Labute approximate surface area is 150 Å². The van der Waals surface area contributed by atoms with Crippen LogP contribution in [0.3, 0.4) is 0 Å². The second-order valence-electron chi connectivity index (χ2n) is 6.33. The zero-order valence-corrected chi connectivity index (χ0v) is 15.1. The molecule has 0 unspecified atom stereocenters. The Morgan fingerprint density at radius 2 is 2.20 bits per heavy atom. The maximum Gasteiger partial charge on any atom is 0.233 e. The molecule has 3 rings (SSSR count). The number of aliphatic hydroxyl groups excluding tert-OH is 1. The summed E-state index contributed by atoms with van der Waals surface area (Å²) in [5, 5.41) is 14.5. The lowest BCUT2D eigenvalue weighted by molar-refractivity contribution is -0.119. The molecule has 132 valence electrons. The van der Waals surface area contributed by atoms with Crippen LogP contribution in [0.25, 0.3) is 0 Å². The van der Waals surface area contributed by atoms with Gasteiger partial charge in [-0.3, -0.25) is 9.59 Å². The topological polar surface area (TPSA) is 82.5 Å². The van der Waals surface area contributed by atoms with Crippen LogP contribution in [-0.2, 0) is 29.0 Å². The minimum atomic E-state index is -0.115. The van der Waals surface area contributed by atoms with Crippen LogP contribution in [0.15, 0.2) is 23.6 Å². The van der Waals surface area contributed by atoms with E-state index in [-0.39, 0.29) is 30.8 Å². The third-order valence-corrected chi connectivity index (χ3v) is 5.04. The molecule has 2 amide bonds. The Hall–Kier alpha value is -2.25. The van der Waals surface area contributed by atoms with Crippen LogP contribution in [0.1, 0.15) is 30.7 Å². The first-order valence-corrected chi connectivity index (χ1v) is 9.14. The van der Waals surface area contributed by atoms with Gasteiger partial charge in [0.15, 0.2) is 5.13 Å². The summed E-state index contributed by atoms with van der Waals surface area (Å²) in [6.07, 6.45) is 0.946. The van der Waals surface area contributed by atoms with Gasteiger partial charge in [0.2, 0.25) is 11.8 Å². The number of anilines is 2. The number of hydrogen-bond donors (Lipinski definition) is 2. The summed E-state index contributed by atoms with van der Waals surface area (Å²) >= 11 is 1.32. The molecule has 2 aromatic rings. The van der Waals surface area contributed by atoms with E-state index in [0.29, 0.717) is 17.4 Å². The van der Waals surface area contributed by atoms with E-state index in [4.69, 9.17) is 0 Å². The van der Waals surface area contributed by atoms with E-state index in [1.165, 1.54) is 11.3 Å². The minimum absolute atomic E-state index is 0.0177. The standard InChI is InChI=1S/C18H21N3O3S/c1-11(2)17(24)20-18-19-13(10-25-18)8-16(23)21-7-6-14-12(9-22)4-3-5-15(14)21/h3-5,10-11,22H,6-9H2,1-2H3,(H,19,20,24). The van der Waals surface area contributed by atoms with Gasteiger partial charge in [-0.25, -0.2) is 4.98 Å². The van der Waals surface area contributed by atoms with Gasteiger partial charge in [0, 0.05) is 23.5 Å². The molecule has 0 bridgehead atoms. The number of fused-ring (bicyclic) bond motifs is 1. The van der Waals surface area contributed by atoms with E-state index in [0.717, 1.165) is 23.2 Å². The highest BCUT2D eigenvalue weighted by Gasteiger charge is 2.26. The fourth-order valence-electron chi connectivity index (χ4n) is 2.86. The third kappa shape index (κ3) is 3.72. The van der Waals surface area contributed by atoms with Gasteiger partial charge in [-0.15, -0.1) is 11.3 Å². The van der Waals surface area contributed by atoms with Crippen molar-refractivity contribution in [3.63, 3.8) is 0 Å². The molecular formula is C18H21N3O3S. The molecule has 1 aliphatic heterocycles.